The molecule has 1 heterocycles. The van der Waals surface area contributed by atoms with Crippen LogP contribution in [0.15, 0.2) is 56.9 Å². The van der Waals surface area contributed by atoms with Crippen molar-refractivity contribution in [2.45, 2.75) is 11.8 Å². The highest BCUT2D eigenvalue weighted by atomic mass is 32.2. The average Bonchev–Trinajstić information content (AvgIpc) is 2.54. The van der Waals surface area contributed by atoms with E-state index in [0.717, 1.165) is 0 Å². The molecule has 1 amide bonds. The van der Waals surface area contributed by atoms with Gasteiger partial charge in [-0.2, -0.15) is 0 Å². The number of sulfonamides is 1. The number of rotatable bonds is 4. The number of hydrogen-bond acceptors (Lipinski definition) is 5. The van der Waals surface area contributed by atoms with E-state index in [1.165, 1.54) is 37.3 Å². The second kappa shape index (κ2) is 6.48. The van der Waals surface area contributed by atoms with Crippen molar-refractivity contribution in [2.75, 3.05) is 10.0 Å². The van der Waals surface area contributed by atoms with Gasteiger partial charge in [-0.05, 0) is 36.4 Å². The molecule has 10 heteroatoms. The Morgan fingerprint density at radius 2 is 1.58 bits per heavy atom. The molecule has 3 rings (SSSR count). The van der Waals surface area contributed by atoms with Crippen LogP contribution in [-0.2, 0) is 14.8 Å². The summed E-state index contributed by atoms with van der Waals surface area (Å²) in [6, 6.07) is 10.1. The van der Waals surface area contributed by atoms with Crippen LogP contribution in [-0.4, -0.2) is 24.3 Å². The van der Waals surface area contributed by atoms with Crippen molar-refractivity contribution in [2.24, 2.45) is 0 Å². The molecule has 26 heavy (non-hydrogen) atoms. The van der Waals surface area contributed by atoms with E-state index >= 15 is 0 Å². The highest BCUT2D eigenvalue weighted by molar-refractivity contribution is 7.92. The second-order valence-corrected chi connectivity index (χ2v) is 7.17. The first-order valence-electron chi connectivity index (χ1n) is 7.41. The van der Waals surface area contributed by atoms with E-state index in [-0.39, 0.29) is 22.0 Å². The van der Waals surface area contributed by atoms with Crippen LogP contribution in [0, 0.1) is 0 Å². The fourth-order valence-electron chi connectivity index (χ4n) is 2.34. The van der Waals surface area contributed by atoms with Crippen LogP contribution in [0.5, 0.6) is 0 Å². The standard InChI is InChI=1S/C16H14N4O5S/c1-9(21)17-10-3-2-4-11(7-10)20-26(24,25)12-5-6-13-14(8-12)19-16(23)15(22)18-13/h2-8,20H,1H3,(H,17,21)(H,18,22)(H,19,23). The summed E-state index contributed by atoms with van der Waals surface area (Å²) in [4.78, 5) is 38.4. The van der Waals surface area contributed by atoms with Crippen molar-refractivity contribution in [3.05, 3.63) is 63.2 Å². The fourth-order valence-corrected chi connectivity index (χ4v) is 3.41. The Kier molecular flexibility index (Phi) is 4.34. The maximum Gasteiger partial charge on any atom is 0.314 e. The van der Waals surface area contributed by atoms with E-state index in [4.69, 9.17) is 0 Å². The molecule has 0 radical (unpaired) electrons. The number of benzene rings is 2. The molecule has 0 fully saturated rings. The molecule has 0 atom stereocenters. The lowest BCUT2D eigenvalue weighted by atomic mass is 10.3. The average molecular weight is 374 g/mol. The van der Waals surface area contributed by atoms with Gasteiger partial charge in [-0.1, -0.05) is 6.07 Å². The second-order valence-electron chi connectivity index (χ2n) is 5.48. The van der Waals surface area contributed by atoms with Gasteiger partial charge in [0.15, 0.2) is 0 Å². The SMILES string of the molecule is CC(=O)Nc1cccc(NS(=O)(=O)c2ccc3[nH]c(=O)c(=O)[nH]c3c2)c1. The number of fused-ring (bicyclic) bond motifs is 1. The molecule has 1 aromatic heterocycles. The largest absolute Gasteiger partial charge is 0.326 e. The number of carbonyl (C=O) groups excluding carboxylic acids is 1. The number of nitrogens with one attached hydrogen (secondary N) is 4. The maximum absolute atomic E-state index is 12.6. The van der Waals surface area contributed by atoms with Crippen molar-refractivity contribution in [3.8, 4) is 0 Å². The molecule has 0 aliphatic carbocycles. The van der Waals surface area contributed by atoms with Crippen LogP contribution in [0.25, 0.3) is 11.0 Å². The van der Waals surface area contributed by atoms with Gasteiger partial charge in [0.25, 0.3) is 10.0 Å². The molecule has 0 aliphatic rings. The summed E-state index contributed by atoms with van der Waals surface area (Å²) in [6.45, 7) is 1.34. The normalized spacial score (nSPS) is 11.3. The van der Waals surface area contributed by atoms with Crippen molar-refractivity contribution < 1.29 is 13.2 Å². The Morgan fingerprint density at radius 1 is 0.923 bits per heavy atom. The predicted molar refractivity (Wildman–Crippen MR) is 96.7 cm³/mol. The van der Waals surface area contributed by atoms with Crippen molar-refractivity contribution in [1.29, 1.82) is 0 Å². The summed E-state index contributed by atoms with van der Waals surface area (Å²) >= 11 is 0. The van der Waals surface area contributed by atoms with E-state index in [1.54, 1.807) is 12.1 Å². The smallest absolute Gasteiger partial charge is 0.314 e. The number of anilines is 2. The molecule has 0 aliphatic heterocycles. The number of amides is 1. The first-order valence-corrected chi connectivity index (χ1v) is 8.90. The molecule has 0 bridgehead atoms. The van der Waals surface area contributed by atoms with Crippen LogP contribution < -0.4 is 21.2 Å². The third-order valence-electron chi connectivity index (χ3n) is 3.44. The lowest BCUT2D eigenvalue weighted by molar-refractivity contribution is -0.114. The number of carbonyl (C=O) groups is 1. The Morgan fingerprint density at radius 3 is 2.27 bits per heavy atom. The van der Waals surface area contributed by atoms with Gasteiger partial charge in [-0.25, -0.2) is 8.42 Å². The van der Waals surface area contributed by atoms with Gasteiger partial charge in [0.1, 0.15) is 0 Å². The summed E-state index contributed by atoms with van der Waals surface area (Å²) in [7, 11) is -3.95. The number of aromatic nitrogens is 2. The Hall–Kier alpha value is -3.40. The number of hydrogen-bond donors (Lipinski definition) is 4. The van der Waals surface area contributed by atoms with E-state index in [9.17, 15) is 22.8 Å². The van der Waals surface area contributed by atoms with Crippen LogP contribution in [0.1, 0.15) is 6.92 Å². The topological polar surface area (TPSA) is 141 Å². The Bertz CT molecular complexity index is 1230. The minimum atomic E-state index is -3.95. The van der Waals surface area contributed by atoms with Crippen molar-refractivity contribution in [3.63, 3.8) is 0 Å². The van der Waals surface area contributed by atoms with Crippen LogP contribution in [0.4, 0.5) is 11.4 Å². The van der Waals surface area contributed by atoms with Crippen LogP contribution >= 0.6 is 0 Å². The molecule has 134 valence electrons. The maximum atomic E-state index is 12.6. The van der Waals surface area contributed by atoms with E-state index in [1.807, 2.05) is 0 Å². The zero-order chi connectivity index (χ0) is 18.9. The molecule has 3 aromatic rings. The zero-order valence-corrected chi connectivity index (χ0v) is 14.3. The molecule has 0 spiro atoms. The lowest BCUT2D eigenvalue weighted by Gasteiger charge is -2.10. The molecular formula is C16H14N4O5S. The minimum Gasteiger partial charge on any atom is -0.326 e. The van der Waals surface area contributed by atoms with Crippen molar-refractivity contribution in [1.82, 2.24) is 9.97 Å². The molecule has 9 nitrogen and oxygen atoms in total. The van der Waals surface area contributed by atoms with Gasteiger partial charge in [0.2, 0.25) is 5.91 Å². The summed E-state index contributed by atoms with van der Waals surface area (Å²) in [6.07, 6.45) is 0. The first kappa shape index (κ1) is 17.4. The molecular weight excluding hydrogens is 360 g/mol. The summed E-state index contributed by atoms with van der Waals surface area (Å²) < 4.78 is 27.5. The van der Waals surface area contributed by atoms with Gasteiger partial charge in [0, 0.05) is 12.6 Å². The van der Waals surface area contributed by atoms with E-state index < -0.39 is 21.1 Å². The summed E-state index contributed by atoms with van der Waals surface area (Å²) in [5, 5.41) is 2.56. The quantitative estimate of drug-likeness (QED) is 0.504. The van der Waals surface area contributed by atoms with Gasteiger partial charge in [0.05, 0.1) is 21.6 Å². The van der Waals surface area contributed by atoms with Gasteiger partial charge < -0.3 is 15.3 Å². The molecule has 0 saturated heterocycles. The Labute approximate surface area is 147 Å². The van der Waals surface area contributed by atoms with E-state index in [0.29, 0.717) is 11.2 Å². The Balaban J connectivity index is 1.96. The van der Waals surface area contributed by atoms with Gasteiger partial charge in [-0.15, -0.1) is 0 Å². The minimum absolute atomic E-state index is 0.0994. The number of aromatic amines is 2. The third-order valence-corrected chi connectivity index (χ3v) is 4.82. The number of H-pyrrole nitrogens is 2. The molecule has 2 aromatic carbocycles. The van der Waals surface area contributed by atoms with Crippen LogP contribution in [0.2, 0.25) is 0 Å². The lowest BCUT2D eigenvalue weighted by Crippen LogP contribution is -2.29. The van der Waals surface area contributed by atoms with Gasteiger partial charge >= 0.3 is 11.1 Å². The summed E-state index contributed by atoms with van der Waals surface area (Å²) in [5.74, 6) is -0.280. The van der Waals surface area contributed by atoms with Crippen LogP contribution in [0.3, 0.4) is 0 Å². The molecule has 4 N–H and O–H groups in total. The monoisotopic (exact) mass is 374 g/mol. The van der Waals surface area contributed by atoms with Crippen molar-refractivity contribution >= 4 is 38.3 Å². The highest BCUT2D eigenvalue weighted by Gasteiger charge is 2.15. The molecule has 0 saturated carbocycles. The predicted octanol–water partition coefficient (Wildman–Crippen LogP) is 0.976. The first-order chi connectivity index (χ1) is 12.2. The fraction of sp³-hybridized carbons (Fsp3) is 0.0625. The summed E-state index contributed by atoms with van der Waals surface area (Å²) in [5.41, 5.74) is -0.501. The molecule has 0 unspecified atom stereocenters. The zero-order valence-electron chi connectivity index (χ0n) is 13.5. The highest BCUT2D eigenvalue weighted by Crippen LogP contribution is 2.21. The third kappa shape index (κ3) is 3.64. The van der Waals surface area contributed by atoms with E-state index in [2.05, 4.69) is 20.0 Å². The van der Waals surface area contributed by atoms with Gasteiger partial charge in [-0.3, -0.25) is 19.1 Å².